The van der Waals surface area contributed by atoms with Gasteiger partial charge in [0.2, 0.25) is 0 Å². The van der Waals surface area contributed by atoms with Gasteiger partial charge < -0.3 is 10.1 Å². The zero-order valence-electron chi connectivity index (χ0n) is 8.58. The Kier molecular flexibility index (Phi) is 6.62. The standard InChI is InChI=1S/C11H19NOS/c1-2-8-14-9-6-12-10-11-5-3-4-7-13-11/h2,4,7,11-12H,1,3,5-6,8-10H2. The number of nitrogens with one attached hydrogen (secondary N) is 1. The number of rotatable bonds is 7. The van der Waals surface area contributed by atoms with Crippen LogP contribution in [0.15, 0.2) is 25.0 Å². The van der Waals surface area contributed by atoms with Crippen LogP contribution in [0.3, 0.4) is 0 Å². The van der Waals surface area contributed by atoms with Crippen molar-refractivity contribution in [2.45, 2.75) is 18.9 Å². The van der Waals surface area contributed by atoms with Crippen molar-refractivity contribution in [3.8, 4) is 0 Å². The molecule has 0 aromatic carbocycles. The lowest BCUT2D eigenvalue weighted by atomic mass is 10.1. The molecule has 80 valence electrons. The van der Waals surface area contributed by atoms with Gasteiger partial charge >= 0.3 is 0 Å². The van der Waals surface area contributed by atoms with Gasteiger partial charge in [-0.25, -0.2) is 0 Å². The minimum Gasteiger partial charge on any atom is -0.497 e. The molecule has 3 heteroatoms. The summed E-state index contributed by atoms with van der Waals surface area (Å²) in [4.78, 5) is 0. The molecule has 2 nitrogen and oxygen atoms in total. The van der Waals surface area contributed by atoms with E-state index in [2.05, 4.69) is 18.0 Å². The summed E-state index contributed by atoms with van der Waals surface area (Å²) in [6.45, 7) is 5.71. The Bertz CT molecular complexity index is 182. The van der Waals surface area contributed by atoms with Crippen LogP contribution in [0.5, 0.6) is 0 Å². The van der Waals surface area contributed by atoms with E-state index in [4.69, 9.17) is 4.74 Å². The Morgan fingerprint density at radius 1 is 1.64 bits per heavy atom. The highest BCUT2D eigenvalue weighted by atomic mass is 32.2. The van der Waals surface area contributed by atoms with Crippen LogP contribution in [0.1, 0.15) is 12.8 Å². The van der Waals surface area contributed by atoms with Gasteiger partial charge in [0, 0.05) is 24.6 Å². The third kappa shape index (κ3) is 5.35. The summed E-state index contributed by atoms with van der Waals surface area (Å²) in [5, 5.41) is 3.40. The molecule has 1 N–H and O–H groups in total. The lowest BCUT2D eigenvalue weighted by Gasteiger charge is -2.19. The van der Waals surface area contributed by atoms with Crippen LogP contribution < -0.4 is 5.32 Å². The molecule has 1 heterocycles. The van der Waals surface area contributed by atoms with E-state index >= 15 is 0 Å². The minimum absolute atomic E-state index is 0.379. The van der Waals surface area contributed by atoms with Crippen molar-refractivity contribution in [1.29, 1.82) is 0 Å². The Hall–Kier alpha value is -0.410. The van der Waals surface area contributed by atoms with Gasteiger partial charge in [0.05, 0.1) is 6.26 Å². The van der Waals surface area contributed by atoms with Crippen LogP contribution in [-0.2, 0) is 4.74 Å². The van der Waals surface area contributed by atoms with E-state index in [1.54, 1.807) is 0 Å². The van der Waals surface area contributed by atoms with E-state index in [1.165, 1.54) is 0 Å². The molecule has 1 aliphatic rings. The number of allylic oxidation sites excluding steroid dienone is 1. The Morgan fingerprint density at radius 3 is 3.29 bits per heavy atom. The van der Waals surface area contributed by atoms with Crippen molar-refractivity contribution in [2.24, 2.45) is 0 Å². The van der Waals surface area contributed by atoms with E-state index in [0.717, 1.165) is 37.4 Å². The molecule has 0 radical (unpaired) electrons. The van der Waals surface area contributed by atoms with Gasteiger partial charge in [-0.15, -0.1) is 6.58 Å². The summed E-state index contributed by atoms with van der Waals surface area (Å²) in [7, 11) is 0. The predicted molar refractivity (Wildman–Crippen MR) is 63.6 cm³/mol. The third-order valence-electron chi connectivity index (χ3n) is 2.05. The van der Waals surface area contributed by atoms with Gasteiger partial charge in [-0.1, -0.05) is 6.08 Å². The largest absolute Gasteiger partial charge is 0.497 e. The molecule has 0 aromatic heterocycles. The lowest BCUT2D eigenvalue weighted by molar-refractivity contribution is 0.123. The van der Waals surface area contributed by atoms with Crippen LogP contribution in [0.4, 0.5) is 0 Å². The highest BCUT2D eigenvalue weighted by Crippen LogP contribution is 2.08. The molecule has 1 unspecified atom stereocenters. The van der Waals surface area contributed by atoms with Crippen molar-refractivity contribution in [1.82, 2.24) is 5.32 Å². The van der Waals surface area contributed by atoms with Crippen molar-refractivity contribution in [2.75, 3.05) is 24.6 Å². The molecular formula is C11H19NOS. The first-order valence-electron chi connectivity index (χ1n) is 5.13. The quantitative estimate of drug-likeness (QED) is 0.517. The van der Waals surface area contributed by atoms with Gasteiger partial charge in [0.15, 0.2) is 0 Å². The number of ether oxygens (including phenoxy) is 1. The van der Waals surface area contributed by atoms with Crippen LogP contribution in [0.2, 0.25) is 0 Å². The van der Waals surface area contributed by atoms with Crippen LogP contribution in [0.25, 0.3) is 0 Å². The van der Waals surface area contributed by atoms with Crippen molar-refractivity contribution >= 4 is 11.8 Å². The average Bonchev–Trinajstić information content (AvgIpc) is 2.25. The van der Waals surface area contributed by atoms with Gasteiger partial charge in [-0.3, -0.25) is 0 Å². The van der Waals surface area contributed by atoms with Gasteiger partial charge in [0.25, 0.3) is 0 Å². The molecule has 1 aliphatic heterocycles. The summed E-state index contributed by atoms with van der Waals surface area (Å²) in [5.74, 6) is 2.19. The molecule has 0 spiro atoms. The SMILES string of the molecule is C=CCSCCNCC1CCC=CO1. The molecule has 0 amide bonds. The monoisotopic (exact) mass is 213 g/mol. The number of hydrogen-bond acceptors (Lipinski definition) is 3. The molecule has 0 saturated heterocycles. The first kappa shape index (κ1) is 11.7. The van der Waals surface area contributed by atoms with E-state index in [0.29, 0.717) is 6.10 Å². The summed E-state index contributed by atoms with van der Waals surface area (Å²) in [6.07, 6.45) is 8.52. The van der Waals surface area contributed by atoms with E-state index in [1.807, 2.05) is 24.1 Å². The predicted octanol–water partition coefficient (Wildman–Crippen LogP) is 2.19. The van der Waals surface area contributed by atoms with Crippen molar-refractivity contribution < 1.29 is 4.74 Å². The van der Waals surface area contributed by atoms with Crippen molar-refractivity contribution in [3.63, 3.8) is 0 Å². The minimum atomic E-state index is 0.379. The Balaban J connectivity index is 1.88. The molecular weight excluding hydrogens is 194 g/mol. The molecule has 14 heavy (non-hydrogen) atoms. The Labute approximate surface area is 90.8 Å². The molecule has 0 bridgehead atoms. The van der Waals surface area contributed by atoms with Crippen LogP contribution in [0, 0.1) is 0 Å². The fourth-order valence-corrected chi connectivity index (χ4v) is 1.93. The number of hydrogen-bond donors (Lipinski definition) is 1. The lowest BCUT2D eigenvalue weighted by Crippen LogP contribution is -2.30. The highest BCUT2D eigenvalue weighted by molar-refractivity contribution is 7.99. The fourth-order valence-electron chi connectivity index (χ4n) is 1.31. The van der Waals surface area contributed by atoms with Gasteiger partial charge in [-0.05, 0) is 18.9 Å². The normalized spacial score (nSPS) is 20.4. The maximum Gasteiger partial charge on any atom is 0.110 e. The molecule has 1 atom stereocenters. The first-order valence-corrected chi connectivity index (χ1v) is 6.29. The summed E-state index contributed by atoms with van der Waals surface area (Å²) >= 11 is 1.90. The second-order valence-electron chi connectivity index (χ2n) is 3.27. The van der Waals surface area contributed by atoms with E-state index < -0.39 is 0 Å². The first-order chi connectivity index (χ1) is 6.93. The van der Waals surface area contributed by atoms with E-state index in [9.17, 15) is 0 Å². The van der Waals surface area contributed by atoms with Gasteiger partial charge in [0.1, 0.15) is 6.10 Å². The maximum atomic E-state index is 5.44. The zero-order chi connectivity index (χ0) is 10.1. The maximum absolute atomic E-state index is 5.44. The molecule has 0 saturated carbocycles. The number of thioether (sulfide) groups is 1. The average molecular weight is 213 g/mol. The zero-order valence-corrected chi connectivity index (χ0v) is 9.39. The second-order valence-corrected chi connectivity index (χ2v) is 4.42. The third-order valence-corrected chi connectivity index (χ3v) is 3.02. The summed E-state index contributed by atoms with van der Waals surface area (Å²) < 4.78 is 5.44. The fraction of sp³-hybridized carbons (Fsp3) is 0.636. The summed E-state index contributed by atoms with van der Waals surface area (Å²) in [6, 6.07) is 0. The molecule has 0 aliphatic carbocycles. The topological polar surface area (TPSA) is 21.3 Å². The molecule has 0 fully saturated rings. The van der Waals surface area contributed by atoms with Crippen LogP contribution in [-0.4, -0.2) is 30.7 Å². The van der Waals surface area contributed by atoms with Crippen LogP contribution >= 0.6 is 11.8 Å². The molecule has 1 rings (SSSR count). The highest BCUT2D eigenvalue weighted by Gasteiger charge is 2.09. The smallest absolute Gasteiger partial charge is 0.110 e. The van der Waals surface area contributed by atoms with Crippen molar-refractivity contribution in [3.05, 3.63) is 25.0 Å². The molecule has 0 aromatic rings. The second kappa shape index (κ2) is 7.94. The Morgan fingerprint density at radius 2 is 2.57 bits per heavy atom. The summed E-state index contributed by atoms with van der Waals surface area (Å²) in [5.41, 5.74) is 0. The van der Waals surface area contributed by atoms with Gasteiger partial charge in [-0.2, -0.15) is 11.8 Å². The van der Waals surface area contributed by atoms with E-state index in [-0.39, 0.29) is 0 Å².